The highest BCUT2D eigenvalue weighted by Crippen LogP contribution is 2.30. The van der Waals surface area contributed by atoms with Crippen LogP contribution in [0.15, 0.2) is 24.5 Å². The molecule has 0 saturated carbocycles. The molecule has 5 nitrogen and oxygen atoms in total. The average molecular weight is 297 g/mol. The first-order chi connectivity index (χ1) is 9.63. The first-order valence-corrected chi connectivity index (χ1v) is 6.45. The maximum Gasteiger partial charge on any atom is 0.242 e. The van der Waals surface area contributed by atoms with E-state index >= 15 is 0 Å². The maximum absolute atomic E-state index is 13.8. The Morgan fingerprint density at radius 2 is 2.20 bits per heavy atom. The van der Waals surface area contributed by atoms with E-state index in [0.29, 0.717) is 6.61 Å². The topological polar surface area (TPSA) is 73.1 Å². The van der Waals surface area contributed by atoms with Crippen LogP contribution in [0.2, 0.25) is 5.02 Å². The molecule has 20 heavy (non-hydrogen) atoms. The summed E-state index contributed by atoms with van der Waals surface area (Å²) in [6.45, 7) is 2.46. The number of nitrogens with one attached hydrogen (secondary N) is 1. The number of hydrogen-bond acceptors (Lipinski definition) is 5. The maximum atomic E-state index is 13.8. The fourth-order valence-corrected chi connectivity index (χ4v) is 1.70. The minimum atomic E-state index is -0.566. The number of nitrogens with zero attached hydrogens (tertiary/aromatic N) is 2. The predicted octanol–water partition coefficient (Wildman–Crippen LogP) is 3.38. The average Bonchev–Trinajstić information content (AvgIpc) is 2.44. The molecule has 0 fully saturated rings. The number of benzene rings is 1. The van der Waals surface area contributed by atoms with E-state index in [1.165, 1.54) is 18.5 Å². The smallest absolute Gasteiger partial charge is 0.242 e. The van der Waals surface area contributed by atoms with Crippen molar-refractivity contribution in [3.8, 4) is 5.88 Å². The number of rotatable bonds is 5. The quantitative estimate of drug-likeness (QED) is 0.885. The van der Waals surface area contributed by atoms with Crippen LogP contribution in [0.3, 0.4) is 0 Å². The van der Waals surface area contributed by atoms with E-state index in [-0.39, 0.29) is 28.1 Å². The summed E-state index contributed by atoms with van der Waals surface area (Å²) in [4.78, 5) is 7.92. The SMILES string of the molecule is CCCOc1ncnc(Nc2cccc(Cl)c2F)c1N. The number of nitrogen functional groups attached to an aromatic ring is 1. The molecule has 0 bridgehead atoms. The van der Waals surface area contributed by atoms with Crippen LogP contribution in [-0.4, -0.2) is 16.6 Å². The van der Waals surface area contributed by atoms with E-state index in [1.54, 1.807) is 6.07 Å². The van der Waals surface area contributed by atoms with Gasteiger partial charge in [-0.2, -0.15) is 4.98 Å². The molecule has 1 aromatic carbocycles. The zero-order valence-corrected chi connectivity index (χ0v) is 11.6. The van der Waals surface area contributed by atoms with Crippen LogP contribution in [-0.2, 0) is 0 Å². The molecule has 0 aliphatic rings. The van der Waals surface area contributed by atoms with Gasteiger partial charge in [-0.1, -0.05) is 24.6 Å². The highest BCUT2D eigenvalue weighted by molar-refractivity contribution is 6.31. The molecule has 0 radical (unpaired) electrons. The van der Waals surface area contributed by atoms with Gasteiger partial charge in [-0.15, -0.1) is 0 Å². The Balaban J connectivity index is 2.27. The molecule has 1 heterocycles. The van der Waals surface area contributed by atoms with Crippen LogP contribution in [0.4, 0.5) is 21.6 Å². The lowest BCUT2D eigenvalue weighted by Crippen LogP contribution is -2.06. The van der Waals surface area contributed by atoms with Crippen molar-refractivity contribution in [3.05, 3.63) is 35.4 Å². The Bertz CT molecular complexity index is 609. The fraction of sp³-hybridized carbons (Fsp3) is 0.231. The van der Waals surface area contributed by atoms with Gasteiger partial charge in [-0.3, -0.25) is 0 Å². The molecule has 2 aromatic rings. The summed E-state index contributed by atoms with van der Waals surface area (Å²) < 4.78 is 19.2. The minimum Gasteiger partial charge on any atom is -0.476 e. The van der Waals surface area contributed by atoms with Gasteiger partial charge in [0.2, 0.25) is 5.88 Å². The molecule has 3 N–H and O–H groups in total. The van der Waals surface area contributed by atoms with E-state index in [9.17, 15) is 4.39 Å². The summed E-state index contributed by atoms with van der Waals surface area (Å²) in [7, 11) is 0. The number of nitrogens with two attached hydrogens (primary N) is 1. The van der Waals surface area contributed by atoms with Crippen LogP contribution in [0, 0.1) is 5.82 Å². The van der Waals surface area contributed by atoms with Gasteiger partial charge < -0.3 is 15.8 Å². The molecule has 1 aromatic heterocycles. The van der Waals surface area contributed by atoms with Gasteiger partial charge in [0.1, 0.15) is 12.0 Å². The Morgan fingerprint density at radius 1 is 1.40 bits per heavy atom. The van der Waals surface area contributed by atoms with Crippen molar-refractivity contribution in [3.63, 3.8) is 0 Å². The molecule has 2 rings (SSSR count). The van der Waals surface area contributed by atoms with Crippen molar-refractivity contribution in [2.75, 3.05) is 17.7 Å². The molecule has 0 atom stereocenters. The Kier molecular flexibility index (Phi) is 4.57. The van der Waals surface area contributed by atoms with E-state index in [4.69, 9.17) is 22.1 Å². The molecule has 7 heteroatoms. The van der Waals surface area contributed by atoms with Gasteiger partial charge in [0.15, 0.2) is 11.6 Å². The zero-order valence-electron chi connectivity index (χ0n) is 10.9. The normalized spacial score (nSPS) is 10.3. The third-order valence-corrected chi connectivity index (χ3v) is 2.79. The second-order valence-electron chi connectivity index (χ2n) is 4.02. The molecule has 0 aliphatic carbocycles. The lowest BCUT2D eigenvalue weighted by atomic mass is 10.3. The second-order valence-corrected chi connectivity index (χ2v) is 4.42. The lowest BCUT2D eigenvalue weighted by molar-refractivity contribution is 0.307. The van der Waals surface area contributed by atoms with Gasteiger partial charge in [-0.05, 0) is 18.6 Å². The predicted molar refractivity (Wildman–Crippen MR) is 76.9 cm³/mol. The van der Waals surface area contributed by atoms with E-state index in [2.05, 4.69) is 15.3 Å². The second kappa shape index (κ2) is 6.38. The summed E-state index contributed by atoms with van der Waals surface area (Å²) in [5.74, 6) is -0.0257. The summed E-state index contributed by atoms with van der Waals surface area (Å²) in [5.41, 5.74) is 6.30. The molecule has 0 unspecified atom stereocenters. The molecule has 0 amide bonds. The first-order valence-electron chi connectivity index (χ1n) is 6.07. The van der Waals surface area contributed by atoms with Crippen molar-refractivity contribution in [1.29, 1.82) is 0 Å². The van der Waals surface area contributed by atoms with Crippen molar-refractivity contribution in [2.24, 2.45) is 0 Å². The standard InChI is InChI=1S/C13H14ClFN4O/c1-2-6-20-13-11(16)12(17-7-18-13)19-9-5-3-4-8(14)10(9)15/h3-5,7H,2,6,16H2,1H3,(H,17,18,19). The van der Waals surface area contributed by atoms with E-state index < -0.39 is 5.82 Å². The molecule has 106 valence electrons. The number of anilines is 3. The first kappa shape index (κ1) is 14.3. The van der Waals surface area contributed by atoms with Crippen LogP contribution >= 0.6 is 11.6 Å². The molecule has 0 aliphatic heterocycles. The summed E-state index contributed by atoms with van der Waals surface area (Å²) >= 11 is 5.72. The van der Waals surface area contributed by atoms with E-state index in [1.807, 2.05) is 6.92 Å². The largest absolute Gasteiger partial charge is 0.476 e. The molecule has 0 spiro atoms. The van der Waals surface area contributed by atoms with Gasteiger partial charge in [0.05, 0.1) is 17.3 Å². The number of hydrogen-bond donors (Lipinski definition) is 2. The Hall–Kier alpha value is -2.08. The van der Waals surface area contributed by atoms with Crippen LogP contribution in [0.5, 0.6) is 5.88 Å². The van der Waals surface area contributed by atoms with Crippen LogP contribution in [0.25, 0.3) is 0 Å². The van der Waals surface area contributed by atoms with Gasteiger partial charge in [0, 0.05) is 0 Å². The highest BCUT2D eigenvalue weighted by atomic mass is 35.5. The van der Waals surface area contributed by atoms with Crippen molar-refractivity contribution in [2.45, 2.75) is 13.3 Å². The summed E-state index contributed by atoms with van der Waals surface area (Å²) in [6.07, 6.45) is 2.13. The summed E-state index contributed by atoms with van der Waals surface area (Å²) in [6, 6.07) is 4.62. The van der Waals surface area contributed by atoms with Crippen molar-refractivity contribution < 1.29 is 9.13 Å². The molecular formula is C13H14ClFN4O. The molecular weight excluding hydrogens is 283 g/mol. The fourth-order valence-electron chi connectivity index (χ4n) is 1.52. The van der Waals surface area contributed by atoms with Gasteiger partial charge in [0.25, 0.3) is 0 Å². The number of ether oxygens (including phenoxy) is 1. The number of aromatic nitrogens is 2. The summed E-state index contributed by atoms with van der Waals surface area (Å²) in [5, 5.41) is 2.80. The number of halogens is 2. The van der Waals surface area contributed by atoms with Crippen molar-refractivity contribution in [1.82, 2.24) is 9.97 Å². The van der Waals surface area contributed by atoms with Crippen molar-refractivity contribution >= 4 is 28.8 Å². The Labute approximate surface area is 120 Å². The van der Waals surface area contributed by atoms with E-state index in [0.717, 1.165) is 6.42 Å². The third-order valence-electron chi connectivity index (χ3n) is 2.49. The minimum absolute atomic E-state index is 0.0186. The van der Waals surface area contributed by atoms with Crippen LogP contribution < -0.4 is 15.8 Å². The van der Waals surface area contributed by atoms with Gasteiger partial charge in [-0.25, -0.2) is 9.37 Å². The molecule has 0 saturated heterocycles. The third kappa shape index (κ3) is 3.08. The Morgan fingerprint density at radius 3 is 2.95 bits per heavy atom. The highest BCUT2D eigenvalue weighted by Gasteiger charge is 2.12. The zero-order chi connectivity index (χ0) is 14.5. The lowest BCUT2D eigenvalue weighted by Gasteiger charge is -2.12. The van der Waals surface area contributed by atoms with Gasteiger partial charge >= 0.3 is 0 Å². The monoisotopic (exact) mass is 296 g/mol. The van der Waals surface area contributed by atoms with Crippen LogP contribution in [0.1, 0.15) is 13.3 Å².